The SMILES string of the molecule is COc1cccc(Nc2ncn(-c3cc(F)cc(F)c3)n2)c1OC. The standard InChI is InChI=1S/C16H14F2N4O2/c1-23-14-5-3-4-13(15(14)24-2)20-16-19-9-22(21-16)12-7-10(17)6-11(18)8-12/h3-9H,1-2H3,(H,20,21). The van der Waals surface area contributed by atoms with E-state index >= 15 is 0 Å². The van der Waals surface area contributed by atoms with Gasteiger partial charge in [0.1, 0.15) is 18.0 Å². The summed E-state index contributed by atoms with van der Waals surface area (Å²) in [7, 11) is 3.05. The highest BCUT2D eigenvalue weighted by Gasteiger charge is 2.12. The molecule has 0 saturated carbocycles. The molecule has 0 aliphatic rings. The molecule has 0 saturated heterocycles. The second kappa shape index (κ2) is 6.53. The minimum atomic E-state index is -0.690. The van der Waals surface area contributed by atoms with Crippen LogP contribution in [0.15, 0.2) is 42.7 Å². The topological polar surface area (TPSA) is 61.2 Å². The summed E-state index contributed by atoms with van der Waals surface area (Å²) in [6, 6.07) is 8.42. The number of nitrogens with zero attached hydrogens (tertiary/aromatic N) is 3. The highest BCUT2D eigenvalue weighted by Crippen LogP contribution is 2.35. The Morgan fingerprint density at radius 1 is 1.04 bits per heavy atom. The molecule has 0 fully saturated rings. The van der Waals surface area contributed by atoms with Gasteiger partial charge in [-0.25, -0.2) is 13.5 Å². The van der Waals surface area contributed by atoms with Crippen LogP contribution >= 0.6 is 0 Å². The molecule has 0 amide bonds. The summed E-state index contributed by atoms with van der Waals surface area (Å²) in [6.45, 7) is 0. The summed E-state index contributed by atoms with van der Waals surface area (Å²) in [4.78, 5) is 4.08. The number of para-hydroxylation sites is 1. The Balaban J connectivity index is 1.89. The van der Waals surface area contributed by atoms with Gasteiger partial charge in [-0.3, -0.25) is 0 Å². The van der Waals surface area contributed by atoms with E-state index in [1.54, 1.807) is 18.2 Å². The summed E-state index contributed by atoms with van der Waals surface area (Å²) in [5, 5.41) is 7.14. The van der Waals surface area contributed by atoms with Crippen molar-refractivity contribution in [2.75, 3.05) is 19.5 Å². The zero-order valence-corrected chi connectivity index (χ0v) is 13.0. The average molecular weight is 332 g/mol. The van der Waals surface area contributed by atoms with Gasteiger partial charge in [-0.1, -0.05) is 6.07 Å². The van der Waals surface area contributed by atoms with Gasteiger partial charge in [0.05, 0.1) is 25.6 Å². The second-order valence-electron chi connectivity index (χ2n) is 4.81. The number of anilines is 2. The van der Waals surface area contributed by atoms with Crippen LogP contribution in [0.5, 0.6) is 11.5 Å². The Morgan fingerprint density at radius 2 is 1.79 bits per heavy atom. The maximum Gasteiger partial charge on any atom is 0.247 e. The second-order valence-corrected chi connectivity index (χ2v) is 4.81. The third-order valence-corrected chi connectivity index (χ3v) is 3.25. The Bertz CT molecular complexity index is 847. The van der Waals surface area contributed by atoms with Crippen LogP contribution in [0.4, 0.5) is 20.4 Å². The van der Waals surface area contributed by atoms with Crippen LogP contribution in [-0.2, 0) is 0 Å². The van der Waals surface area contributed by atoms with Crippen LogP contribution in [0.25, 0.3) is 5.69 Å². The zero-order valence-electron chi connectivity index (χ0n) is 13.0. The molecule has 2 aromatic carbocycles. The molecule has 0 spiro atoms. The Labute approximate surface area is 136 Å². The van der Waals surface area contributed by atoms with E-state index in [-0.39, 0.29) is 11.6 Å². The molecule has 3 rings (SSSR count). The van der Waals surface area contributed by atoms with Gasteiger partial charge in [0, 0.05) is 6.07 Å². The Morgan fingerprint density at radius 3 is 2.46 bits per heavy atom. The predicted molar refractivity (Wildman–Crippen MR) is 84.1 cm³/mol. The minimum absolute atomic E-state index is 0.227. The van der Waals surface area contributed by atoms with Gasteiger partial charge >= 0.3 is 0 Å². The van der Waals surface area contributed by atoms with Crippen molar-refractivity contribution in [3.63, 3.8) is 0 Å². The number of methoxy groups -OCH3 is 2. The van der Waals surface area contributed by atoms with Crippen molar-refractivity contribution >= 4 is 11.6 Å². The molecule has 0 atom stereocenters. The lowest BCUT2D eigenvalue weighted by molar-refractivity contribution is 0.356. The van der Waals surface area contributed by atoms with Crippen molar-refractivity contribution in [1.29, 1.82) is 0 Å². The Hall–Kier alpha value is -3.16. The summed E-state index contributed by atoms with van der Waals surface area (Å²) >= 11 is 0. The van der Waals surface area contributed by atoms with Crippen molar-refractivity contribution in [3.8, 4) is 17.2 Å². The molecule has 0 unspecified atom stereocenters. The molecule has 24 heavy (non-hydrogen) atoms. The number of rotatable bonds is 5. The first-order chi connectivity index (χ1) is 11.6. The number of ether oxygens (including phenoxy) is 2. The minimum Gasteiger partial charge on any atom is -0.493 e. The quantitative estimate of drug-likeness (QED) is 0.777. The largest absolute Gasteiger partial charge is 0.493 e. The van der Waals surface area contributed by atoms with Gasteiger partial charge < -0.3 is 14.8 Å². The molecule has 6 nitrogen and oxygen atoms in total. The highest BCUT2D eigenvalue weighted by atomic mass is 19.1. The molecule has 1 aromatic heterocycles. The van der Waals surface area contributed by atoms with E-state index in [0.29, 0.717) is 17.2 Å². The van der Waals surface area contributed by atoms with Gasteiger partial charge in [0.15, 0.2) is 11.5 Å². The van der Waals surface area contributed by atoms with E-state index in [0.717, 1.165) is 18.2 Å². The smallest absolute Gasteiger partial charge is 0.247 e. The molecule has 0 aliphatic heterocycles. The fraction of sp³-hybridized carbons (Fsp3) is 0.125. The van der Waals surface area contributed by atoms with E-state index in [1.807, 2.05) is 0 Å². The fourth-order valence-corrected chi connectivity index (χ4v) is 2.22. The third-order valence-electron chi connectivity index (χ3n) is 3.25. The van der Waals surface area contributed by atoms with Crippen molar-refractivity contribution in [2.45, 2.75) is 0 Å². The normalized spacial score (nSPS) is 10.5. The summed E-state index contributed by atoms with van der Waals surface area (Å²) in [5.41, 5.74) is 0.825. The van der Waals surface area contributed by atoms with Gasteiger partial charge in [0.2, 0.25) is 5.95 Å². The van der Waals surface area contributed by atoms with Gasteiger partial charge in [-0.05, 0) is 24.3 Å². The lowest BCUT2D eigenvalue weighted by Crippen LogP contribution is -2.00. The molecular weight excluding hydrogens is 318 g/mol. The van der Waals surface area contributed by atoms with Crippen molar-refractivity contribution in [3.05, 3.63) is 54.4 Å². The molecule has 8 heteroatoms. The van der Waals surface area contributed by atoms with Gasteiger partial charge in [-0.2, -0.15) is 4.98 Å². The number of benzene rings is 2. The number of aromatic nitrogens is 3. The van der Waals surface area contributed by atoms with E-state index in [2.05, 4.69) is 15.4 Å². The summed E-state index contributed by atoms with van der Waals surface area (Å²) in [5.74, 6) is -0.0949. The van der Waals surface area contributed by atoms with E-state index in [4.69, 9.17) is 9.47 Å². The third kappa shape index (κ3) is 3.12. The lowest BCUT2D eigenvalue weighted by Gasteiger charge is -2.12. The molecule has 0 aliphatic carbocycles. The number of hydrogen-bond acceptors (Lipinski definition) is 5. The van der Waals surface area contributed by atoms with E-state index in [1.165, 1.54) is 25.2 Å². The van der Waals surface area contributed by atoms with Crippen LogP contribution in [0, 0.1) is 11.6 Å². The number of halogens is 2. The molecule has 3 aromatic rings. The van der Waals surface area contributed by atoms with Gasteiger partial charge in [0.25, 0.3) is 0 Å². The van der Waals surface area contributed by atoms with Crippen LogP contribution in [0.2, 0.25) is 0 Å². The first-order valence-corrected chi connectivity index (χ1v) is 6.97. The van der Waals surface area contributed by atoms with Crippen molar-refractivity contribution < 1.29 is 18.3 Å². The molecule has 1 N–H and O–H groups in total. The predicted octanol–water partition coefficient (Wildman–Crippen LogP) is 3.31. The first-order valence-electron chi connectivity index (χ1n) is 6.97. The van der Waals surface area contributed by atoms with Crippen LogP contribution in [-0.4, -0.2) is 29.0 Å². The average Bonchev–Trinajstić information content (AvgIpc) is 3.02. The van der Waals surface area contributed by atoms with E-state index in [9.17, 15) is 8.78 Å². The summed E-state index contributed by atoms with van der Waals surface area (Å²) < 4.78 is 38.4. The zero-order chi connectivity index (χ0) is 17.1. The van der Waals surface area contributed by atoms with Crippen LogP contribution in [0.1, 0.15) is 0 Å². The van der Waals surface area contributed by atoms with Crippen molar-refractivity contribution in [2.24, 2.45) is 0 Å². The summed E-state index contributed by atoms with van der Waals surface area (Å²) in [6.07, 6.45) is 1.35. The lowest BCUT2D eigenvalue weighted by atomic mass is 10.2. The molecule has 0 bridgehead atoms. The molecular formula is C16H14F2N4O2. The van der Waals surface area contributed by atoms with Crippen LogP contribution < -0.4 is 14.8 Å². The molecule has 124 valence electrons. The van der Waals surface area contributed by atoms with Gasteiger partial charge in [-0.15, -0.1) is 5.10 Å². The number of nitrogens with one attached hydrogen (secondary N) is 1. The van der Waals surface area contributed by atoms with Crippen molar-refractivity contribution in [1.82, 2.24) is 14.8 Å². The van der Waals surface area contributed by atoms with E-state index < -0.39 is 11.6 Å². The maximum atomic E-state index is 13.3. The number of hydrogen-bond donors (Lipinski definition) is 1. The monoisotopic (exact) mass is 332 g/mol. The van der Waals surface area contributed by atoms with Crippen LogP contribution in [0.3, 0.4) is 0 Å². The molecule has 0 radical (unpaired) electrons. The maximum absolute atomic E-state index is 13.3. The highest BCUT2D eigenvalue weighted by molar-refractivity contribution is 5.67. The fourth-order valence-electron chi connectivity index (χ4n) is 2.22. The Kier molecular flexibility index (Phi) is 4.28. The molecule has 1 heterocycles. The first kappa shape index (κ1) is 15.7.